The molecule has 1 fully saturated rings. The van der Waals surface area contributed by atoms with Gasteiger partial charge < -0.3 is 0 Å². The summed E-state index contributed by atoms with van der Waals surface area (Å²) in [6, 6.07) is 7.33. The molecular weight excluding hydrogens is 316 g/mol. The quantitative estimate of drug-likeness (QED) is 0.493. The minimum Gasteiger partial charge on any atom is -0.266 e. The summed E-state index contributed by atoms with van der Waals surface area (Å²) in [4.78, 5) is 20.9. The van der Waals surface area contributed by atoms with Gasteiger partial charge in [-0.2, -0.15) is 10.1 Å². The van der Waals surface area contributed by atoms with E-state index >= 15 is 0 Å². The summed E-state index contributed by atoms with van der Waals surface area (Å²) >= 11 is 6.43. The van der Waals surface area contributed by atoms with E-state index in [1.807, 2.05) is 18.2 Å². The largest absolute Gasteiger partial charge is 0.286 e. The van der Waals surface area contributed by atoms with Gasteiger partial charge in [-0.05, 0) is 36.0 Å². The summed E-state index contributed by atoms with van der Waals surface area (Å²) in [5.74, 6) is -0.237. The maximum atomic E-state index is 12.3. The van der Waals surface area contributed by atoms with Gasteiger partial charge in [-0.1, -0.05) is 23.9 Å². The van der Waals surface area contributed by atoms with E-state index in [0.717, 1.165) is 11.1 Å². The number of carbonyl (C=O) groups is 1. The monoisotopic (exact) mass is 326 g/mol. The van der Waals surface area contributed by atoms with Crippen LogP contribution in [0.4, 0.5) is 0 Å². The molecule has 1 aliphatic rings. The van der Waals surface area contributed by atoms with E-state index in [1.54, 1.807) is 43.1 Å². The molecule has 2 aromatic heterocycles. The van der Waals surface area contributed by atoms with Crippen molar-refractivity contribution in [2.75, 3.05) is 0 Å². The molecule has 0 N–H and O–H groups in total. The molecule has 5 nitrogen and oxygen atoms in total. The van der Waals surface area contributed by atoms with Crippen molar-refractivity contribution >= 4 is 46.5 Å². The van der Waals surface area contributed by atoms with Crippen LogP contribution in [-0.4, -0.2) is 31.4 Å². The first-order valence-corrected chi connectivity index (χ1v) is 7.58. The number of hydrazone groups is 1. The van der Waals surface area contributed by atoms with Crippen molar-refractivity contribution in [2.45, 2.75) is 0 Å². The maximum absolute atomic E-state index is 12.3. The van der Waals surface area contributed by atoms with Gasteiger partial charge in [-0.25, -0.2) is 0 Å². The van der Waals surface area contributed by atoms with Crippen molar-refractivity contribution in [2.24, 2.45) is 5.10 Å². The topological polar surface area (TPSA) is 58.5 Å². The Labute approximate surface area is 136 Å². The van der Waals surface area contributed by atoms with Crippen molar-refractivity contribution in [1.82, 2.24) is 15.0 Å². The third-order valence-corrected chi connectivity index (χ3v) is 4.05. The number of rotatable bonds is 3. The van der Waals surface area contributed by atoms with Gasteiger partial charge in [0.1, 0.15) is 0 Å². The molecule has 1 amide bonds. The number of hydrogen-bond donors (Lipinski definition) is 0. The van der Waals surface area contributed by atoms with Gasteiger partial charge in [0.25, 0.3) is 5.91 Å². The number of amides is 1. The minimum absolute atomic E-state index is 0.237. The van der Waals surface area contributed by atoms with Crippen molar-refractivity contribution in [3.63, 3.8) is 0 Å². The molecule has 0 aliphatic carbocycles. The number of nitrogens with zero attached hydrogens (tertiary/aromatic N) is 4. The zero-order valence-corrected chi connectivity index (χ0v) is 12.9. The van der Waals surface area contributed by atoms with Crippen LogP contribution in [0.5, 0.6) is 0 Å². The highest BCUT2D eigenvalue weighted by atomic mass is 32.2. The number of thiocarbonyl (C=S) groups is 1. The lowest BCUT2D eigenvalue weighted by atomic mass is 10.2. The fraction of sp³-hybridized carbons (Fsp3) is 0. The lowest BCUT2D eigenvalue weighted by Crippen LogP contribution is -2.22. The normalized spacial score (nSPS) is 16.9. The molecule has 0 saturated carbocycles. The molecule has 0 spiro atoms. The second-order valence-corrected chi connectivity index (χ2v) is 5.99. The highest BCUT2D eigenvalue weighted by Gasteiger charge is 2.31. The van der Waals surface area contributed by atoms with Crippen LogP contribution in [0.1, 0.15) is 11.1 Å². The summed E-state index contributed by atoms with van der Waals surface area (Å²) in [5, 5.41) is 5.37. The average molecular weight is 326 g/mol. The highest BCUT2D eigenvalue weighted by molar-refractivity contribution is 8.26. The summed E-state index contributed by atoms with van der Waals surface area (Å²) in [6.07, 6.45) is 10.0. The van der Waals surface area contributed by atoms with Crippen LogP contribution < -0.4 is 0 Å². The molecule has 3 rings (SSSR count). The van der Waals surface area contributed by atoms with E-state index in [-0.39, 0.29) is 5.91 Å². The standard InChI is InChI=1S/C15H10N4OS2/c20-14-13(7-11-3-1-5-16-8-11)22-15(21)19(14)18-10-12-4-2-6-17-9-12/h1-10H/b13-7-,18-10-. The van der Waals surface area contributed by atoms with Gasteiger partial charge in [-0.15, -0.1) is 0 Å². The molecule has 1 saturated heterocycles. The van der Waals surface area contributed by atoms with Crippen LogP contribution in [0, 0.1) is 0 Å². The van der Waals surface area contributed by atoms with Crippen molar-refractivity contribution in [1.29, 1.82) is 0 Å². The van der Waals surface area contributed by atoms with Gasteiger partial charge in [0.05, 0.1) is 11.1 Å². The number of carbonyl (C=O) groups excluding carboxylic acids is 1. The number of pyridine rings is 2. The highest BCUT2D eigenvalue weighted by Crippen LogP contribution is 2.32. The van der Waals surface area contributed by atoms with Crippen LogP contribution in [0.25, 0.3) is 6.08 Å². The zero-order chi connectivity index (χ0) is 15.4. The van der Waals surface area contributed by atoms with E-state index in [2.05, 4.69) is 15.1 Å². The van der Waals surface area contributed by atoms with Crippen molar-refractivity contribution < 1.29 is 4.79 Å². The molecule has 0 radical (unpaired) electrons. The van der Waals surface area contributed by atoms with Crippen LogP contribution in [0.3, 0.4) is 0 Å². The molecule has 7 heteroatoms. The molecule has 0 bridgehead atoms. The predicted molar refractivity (Wildman–Crippen MR) is 91.1 cm³/mol. The Morgan fingerprint density at radius 1 is 1.14 bits per heavy atom. The van der Waals surface area contributed by atoms with Crippen LogP contribution in [-0.2, 0) is 4.79 Å². The Morgan fingerprint density at radius 3 is 2.45 bits per heavy atom. The van der Waals surface area contributed by atoms with Gasteiger partial charge in [-0.3, -0.25) is 14.8 Å². The van der Waals surface area contributed by atoms with E-state index in [9.17, 15) is 4.79 Å². The lowest BCUT2D eigenvalue weighted by molar-refractivity contribution is -0.122. The van der Waals surface area contributed by atoms with E-state index in [1.165, 1.54) is 16.8 Å². The molecule has 0 atom stereocenters. The molecule has 2 aromatic rings. The molecule has 0 unspecified atom stereocenters. The van der Waals surface area contributed by atoms with Gasteiger partial charge in [0.15, 0.2) is 4.32 Å². The minimum atomic E-state index is -0.237. The summed E-state index contributed by atoms with van der Waals surface area (Å²) in [6.45, 7) is 0. The SMILES string of the molecule is O=C1/C(=C/c2cccnc2)SC(=S)N1/N=C\c1cccnc1. The Balaban J connectivity index is 1.80. The third-order valence-electron chi connectivity index (χ3n) is 2.76. The first-order chi connectivity index (χ1) is 10.7. The summed E-state index contributed by atoms with van der Waals surface area (Å²) < 4.78 is 0.403. The maximum Gasteiger partial charge on any atom is 0.286 e. The first kappa shape index (κ1) is 14.6. The van der Waals surface area contributed by atoms with Crippen LogP contribution >= 0.6 is 24.0 Å². The summed E-state index contributed by atoms with van der Waals surface area (Å²) in [7, 11) is 0. The Hall–Kier alpha value is -2.38. The van der Waals surface area contributed by atoms with Gasteiger partial charge in [0.2, 0.25) is 0 Å². The molecular formula is C15H10N4OS2. The van der Waals surface area contributed by atoms with Crippen LogP contribution in [0.2, 0.25) is 0 Å². The van der Waals surface area contributed by atoms with E-state index in [0.29, 0.717) is 9.23 Å². The molecule has 3 heterocycles. The first-order valence-electron chi connectivity index (χ1n) is 6.36. The second kappa shape index (κ2) is 6.59. The molecule has 108 valence electrons. The van der Waals surface area contributed by atoms with Crippen molar-refractivity contribution in [3.05, 3.63) is 65.1 Å². The lowest BCUT2D eigenvalue weighted by Gasteiger charge is -2.05. The van der Waals surface area contributed by atoms with E-state index in [4.69, 9.17) is 12.2 Å². The third kappa shape index (κ3) is 3.26. The zero-order valence-electron chi connectivity index (χ0n) is 11.3. The van der Waals surface area contributed by atoms with Gasteiger partial charge in [0, 0.05) is 30.4 Å². The smallest absolute Gasteiger partial charge is 0.266 e. The average Bonchev–Trinajstić information content (AvgIpc) is 2.81. The predicted octanol–water partition coefficient (Wildman–Crippen LogP) is 2.71. The van der Waals surface area contributed by atoms with Gasteiger partial charge >= 0.3 is 0 Å². The molecule has 1 aliphatic heterocycles. The Morgan fingerprint density at radius 2 is 1.82 bits per heavy atom. The number of hydrogen-bond acceptors (Lipinski definition) is 6. The Bertz CT molecular complexity index is 760. The summed E-state index contributed by atoms with van der Waals surface area (Å²) in [5.41, 5.74) is 1.65. The second-order valence-electron chi connectivity index (χ2n) is 4.31. The molecule has 0 aromatic carbocycles. The molecule has 22 heavy (non-hydrogen) atoms. The van der Waals surface area contributed by atoms with Crippen LogP contribution in [0.15, 0.2) is 59.1 Å². The fourth-order valence-electron chi connectivity index (χ4n) is 1.75. The Kier molecular flexibility index (Phi) is 4.36. The van der Waals surface area contributed by atoms with E-state index < -0.39 is 0 Å². The number of thioether (sulfide) groups is 1. The van der Waals surface area contributed by atoms with Crippen molar-refractivity contribution in [3.8, 4) is 0 Å². The number of aromatic nitrogens is 2. The fourth-order valence-corrected chi connectivity index (χ4v) is 2.92.